The summed E-state index contributed by atoms with van der Waals surface area (Å²) in [7, 11) is -3.80. The van der Waals surface area contributed by atoms with Gasteiger partial charge < -0.3 is 10.4 Å². The third-order valence-electron chi connectivity index (χ3n) is 4.52. The number of amides is 1. The quantitative estimate of drug-likeness (QED) is 0.731. The Morgan fingerprint density at radius 1 is 1.17 bits per heavy atom. The summed E-state index contributed by atoms with van der Waals surface area (Å²) >= 11 is 0. The molecular formula is C17H23NO5S. The minimum atomic E-state index is -3.80. The normalized spacial score (nSPS) is 16.7. The average molecular weight is 353 g/mol. The Hall–Kier alpha value is -1.89. The van der Waals surface area contributed by atoms with Gasteiger partial charge in [-0.3, -0.25) is 9.59 Å². The van der Waals surface area contributed by atoms with E-state index >= 15 is 0 Å². The SMILES string of the molecule is Cc1ccc(S(=O)(=O)C2(C(=O)NCCCC(=O)O)CCCC2)cc1. The van der Waals surface area contributed by atoms with Gasteiger partial charge >= 0.3 is 5.97 Å². The number of sulfone groups is 1. The molecule has 0 bridgehead atoms. The monoisotopic (exact) mass is 353 g/mol. The van der Waals surface area contributed by atoms with Crippen LogP contribution in [0, 0.1) is 6.92 Å². The topological polar surface area (TPSA) is 101 Å². The fourth-order valence-electron chi connectivity index (χ4n) is 3.11. The standard InChI is InChI=1S/C17H23NO5S/c1-13-6-8-14(9-7-13)24(22,23)17(10-2-3-11-17)16(21)18-12-4-5-15(19)20/h6-9H,2-5,10-12H2,1H3,(H,18,21)(H,19,20). The largest absolute Gasteiger partial charge is 0.481 e. The van der Waals surface area contributed by atoms with Crippen molar-refractivity contribution in [2.75, 3.05) is 6.54 Å². The van der Waals surface area contributed by atoms with Crippen molar-refractivity contribution in [2.24, 2.45) is 0 Å². The van der Waals surface area contributed by atoms with Gasteiger partial charge in [-0.25, -0.2) is 8.42 Å². The number of aliphatic carboxylic acids is 1. The van der Waals surface area contributed by atoms with Gasteiger partial charge in [0.05, 0.1) is 4.90 Å². The fourth-order valence-corrected chi connectivity index (χ4v) is 5.20. The maximum absolute atomic E-state index is 13.1. The molecule has 0 aromatic heterocycles. The molecule has 1 amide bonds. The first-order valence-corrected chi connectivity index (χ1v) is 9.59. The molecule has 0 unspecified atom stereocenters. The van der Waals surface area contributed by atoms with Crippen LogP contribution in [0.15, 0.2) is 29.2 Å². The summed E-state index contributed by atoms with van der Waals surface area (Å²) in [5.41, 5.74) is 0.951. The van der Waals surface area contributed by atoms with Crippen LogP contribution in [0.25, 0.3) is 0 Å². The lowest BCUT2D eigenvalue weighted by Crippen LogP contribution is -2.50. The minimum Gasteiger partial charge on any atom is -0.481 e. The van der Waals surface area contributed by atoms with Crippen molar-refractivity contribution in [2.45, 2.75) is 55.1 Å². The highest BCUT2D eigenvalue weighted by molar-refractivity contribution is 7.93. The Labute approximate surface area is 142 Å². The number of carboxylic acid groups (broad SMARTS) is 1. The van der Waals surface area contributed by atoms with Crippen molar-refractivity contribution < 1.29 is 23.1 Å². The van der Waals surface area contributed by atoms with Crippen LogP contribution in [0.2, 0.25) is 0 Å². The van der Waals surface area contributed by atoms with Gasteiger partial charge in [0, 0.05) is 13.0 Å². The van der Waals surface area contributed by atoms with Crippen LogP contribution >= 0.6 is 0 Å². The van der Waals surface area contributed by atoms with E-state index in [4.69, 9.17) is 5.11 Å². The number of hydrogen-bond donors (Lipinski definition) is 2. The van der Waals surface area contributed by atoms with Crippen molar-refractivity contribution in [1.29, 1.82) is 0 Å². The molecule has 0 atom stereocenters. The average Bonchev–Trinajstić information content (AvgIpc) is 3.03. The molecule has 1 fully saturated rings. The zero-order valence-electron chi connectivity index (χ0n) is 13.7. The molecule has 24 heavy (non-hydrogen) atoms. The third-order valence-corrected chi connectivity index (χ3v) is 7.04. The van der Waals surface area contributed by atoms with Gasteiger partial charge in [0.15, 0.2) is 14.6 Å². The van der Waals surface area contributed by atoms with Crippen LogP contribution in [-0.4, -0.2) is 36.7 Å². The van der Waals surface area contributed by atoms with Gasteiger partial charge in [0.2, 0.25) is 5.91 Å². The molecule has 1 saturated carbocycles. The van der Waals surface area contributed by atoms with Crippen molar-refractivity contribution >= 4 is 21.7 Å². The highest BCUT2D eigenvalue weighted by Gasteiger charge is 2.52. The van der Waals surface area contributed by atoms with Gasteiger partial charge in [-0.05, 0) is 38.3 Å². The molecule has 1 aromatic rings. The van der Waals surface area contributed by atoms with E-state index in [2.05, 4.69) is 5.32 Å². The number of carbonyl (C=O) groups is 2. The van der Waals surface area contributed by atoms with Crippen LogP contribution in [0.3, 0.4) is 0 Å². The molecular weight excluding hydrogens is 330 g/mol. The van der Waals surface area contributed by atoms with E-state index in [1.54, 1.807) is 24.3 Å². The van der Waals surface area contributed by atoms with Crippen LogP contribution in [0.1, 0.15) is 44.1 Å². The predicted octanol–water partition coefficient (Wildman–Crippen LogP) is 2.06. The van der Waals surface area contributed by atoms with Crippen LogP contribution in [0.5, 0.6) is 0 Å². The van der Waals surface area contributed by atoms with Gasteiger partial charge in [0.25, 0.3) is 0 Å². The van der Waals surface area contributed by atoms with E-state index in [0.29, 0.717) is 25.7 Å². The van der Waals surface area contributed by atoms with Crippen LogP contribution < -0.4 is 5.32 Å². The van der Waals surface area contributed by atoms with E-state index in [1.807, 2.05) is 6.92 Å². The molecule has 132 valence electrons. The second-order valence-corrected chi connectivity index (χ2v) is 8.53. The second-order valence-electron chi connectivity index (χ2n) is 6.27. The summed E-state index contributed by atoms with van der Waals surface area (Å²) in [6.45, 7) is 2.03. The smallest absolute Gasteiger partial charge is 0.303 e. The van der Waals surface area contributed by atoms with E-state index < -0.39 is 26.5 Å². The summed E-state index contributed by atoms with van der Waals surface area (Å²) in [4.78, 5) is 23.4. The number of aryl methyl sites for hydroxylation is 1. The van der Waals surface area contributed by atoms with E-state index in [9.17, 15) is 18.0 Å². The van der Waals surface area contributed by atoms with Crippen molar-refractivity contribution in [1.82, 2.24) is 5.32 Å². The molecule has 6 nitrogen and oxygen atoms in total. The van der Waals surface area contributed by atoms with Crippen molar-refractivity contribution in [3.8, 4) is 0 Å². The minimum absolute atomic E-state index is 0.0575. The molecule has 0 spiro atoms. The number of benzene rings is 1. The molecule has 0 radical (unpaired) electrons. The molecule has 0 saturated heterocycles. The summed E-state index contributed by atoms with van der Waals surface area (Å²) < 4.78 is 24.8. The molecule has 2 N–H and O–H groups in total. The molecule has 1 aromatic carbocycles. The summed E-state index contributed by atoms with van der Waals surface area (Å²) in [5.74, 6) is -1.45. The van der Waals surface area contributed by atoms with Gasteiger partial charge in [-0.15, -0.1) is 0 Å². The first-order valence-electron chi connectivity index (χ1n) is 8.11. The molecule has 1 aliphatic carbocycles. The zero-order chi connectivity index (χ0) is 17.8. The lowest BCUT2D eigenvalue weighted by Gasteiger charge is -2.27. The predicted molar refractivity (Wildman–Crippen MR) is 89.4 cm³/mol. The number of carboxylic acids is 1. The van der Waals surface area contributed by atoms with Crippen LogP contribution in [0.4, 0.5) is 0 Å². The lowest BCUT2D eigenvalue weighted by atomic mass is 10.1. The Balaban J connectivity index is 2.21. The Kier molecular flexibility index (Phi) is 5.64. The van der Waals surface area contributed by atoms with E-state index in [-0.39, 0.29) is 24.3 Å². The fraction of sp³-hybridized carbons (Fsp3) is 0.529. The van der Waals surface area contributed by atoms with Crippen LogP contribution in [-0.2, 0) is 19.4 Å². The highest BCUT2D eigenvalue weighted by atomic mass is 32.2. The molecule has 0 aliphatic heterocycles. The molecule has 2 rings (SSSR count). The summed E-state index contributed by atoms with van der Waals surface area (Å²) in [6, 6.07) is 6.53. The Morgan fingerprint density at radius 3 is 2.29 bits per heavy atom. The molecule has 7 heteroatoms. The third kappa shape index (κ3) is 3.61. The molecule has 0 heterocycles. The van der Waals surface area contributed by atoms with Gasteiger partial charge in [0.1, 0.15) is 0 Å². The maximum atomic E-state index is 13.1. The lowest BCUT2D eigenvalue weighted by molar-refractivity contribution is -0.137. The Bertz CT molecular complexity index is 703. The number of nitrogens with one attached hydrogen (secondary N) is 1. The van der Waals surface area contributed by atoms with Crippen molar-refractivity contribution in [3.05, 3.63) is 29.8 Å². The van der Waals surface area contributed by atoms with Crippen molar-refractivity contribution in [3.63, 3.8) is 0 Å². The zero-order valence-corrected chi connectivity index (χ0v) is 14.6. The molecule has 1 aliphatic rings. The van der Waals surface area contributed by atoms with Gasteiger partial charge in [-0.1, -0.05) is 30.5 Å². The first-order chi connectivity index (χ1) is 11.3. The summed E-state index contributed by atoms with van der Waals surface area (Å²) in [5, 5.41) is 11.3. The number of rotatable bonds is 7. The van der Waals surface area contributed by atoms with Gasteiger partial charge in [-0.2, -0.15) is 0 Å². The number of carbonyl (C=O) groups excluding carboxylic acids is 1. The van der Waals surface area contributed by atoms with E-state index in [0.717, 1.165) is 5.56 Å². The number of hydrogen-bond acceptors (Lipinski definition) is 4. The summed E-state index contributed by atoms with van der Waals surface area (Å²) in [6.07, 6.45) is 2.20. The maximum Gasteiger partial charge on any atom is 0.303 e. The first kappa shape index (κ1) is 18.4. The Morgan fingerprint density at radius 2 is 1.75 bits per heavy atom. The highest BCUT2D eigenvalue weighted by Crippen LogP contribution is 2.40. The van der Waals surface area contributed by atoms with E-state index in [1.165, 1.54) is 0 Å². The second kappa shape index (κ2) is 7.34.